The molecule has 0 saturated heterocycles. The Morgan fingerprint density at radius 3 is 2.84 bits per heavy atom. The number of carbonyl (C=O) groups is 1. The van der Waals surface area contributed by atoms with Gasteiger partial charge in [0, 0.05) is 12.3 Å². The highest BCUT2D eigenvalue weighted by atomic mass is 16.5. The number of carboxylic acids is 1. The molecule has 0 atom stereocenters. The molecule has 2 heterocycles. The Morgan fingerprint density at radius 2 is 2.21 bits per heavy atom. The van der Waals surface area contributed by atoms with Gasteiger partial charge in [0.2, 0.25) is 5.88 Å². The summed E-state index contributed by atoms with van der Waals surface area (Å²) in [7, 11) is 1.54. The van der Waals surface area contributed by atoms with E-state index >= 15 is 0 Å². The maximum atomic E-state index is 11.0. The van der Waals surface area contributed by atoms with Crippen LogP contribution in [0.5, 0.6) is 5.88 Å². The molecule has 98 valence electrons. The van der Waals surface area contributed by atoms with E-state index in [0.717, 1.165) is 5.69 Å². The lowest BCUT2D eigenvalue weighted by molar-refractivity contribution is 0.0695. The number of ether oxygens (including phenoxy) is 1. The minimum Gasteiger partial charge on any atom is -0.481 e. The number of methoxy groups -OCH3 is 1. The summed E-state index contributed by atoms with van der Waals surface area (Å²) < 4.78 is 4.95. The lowest BCUT2D eigenvalue weighted by Gasteiger charge is -2.08. The minimum atomic E-state index is -0.988. The topological polar surface area (TPSA) is 84.3 Å². The van der Waals surface area contributed by atoms with Crippen molar-refractivity contribution in [2.45, 2.75) is 6.54 Å². The van der Waals surface area contributed by atoms with Crippen molar-refractivity contribution in [1.82, 2.24) is 9.97 Å². The Morgan fingerprint density at radius 1 is 1.37 bits per heavy atom. The fourth-order valence-electron chi connectivity index (χ4n) is 1.56. The van der Waals surface area contributed by atoms with Gasteiger partial charge in [-0.05, 0) is 18.2 Å². The summed E-state index contributed by atoms with van der Waals surface area (Å²) in [5.74, 6) is -0.465. The molecule has 0 aromatic carbocycles. The largest absolute Gasteiger partial charge is 0.481 e. The van der Waals surface area contributed by atoms with Crippen LogP contribution in [0.2, 0.25) is 0 Å². The predicted octanol–water partition coefficient (Wildman–Crippen LogP) is 1.80. The predicted molar refractivity (Wildman–Crippen MR) is 69.3 cm³/mol. The average Bonchev–Trinajstić information content (AvgIpc) is 2.46. The molecular formula is C13H13N3O3. The van der Waals surface area contributed by atoms with E-state index in [4.69, 9.17) is 9.84 Å². The molecule has 2 aromatic heterocycles. The zero-order valence-electron chi connectivity index (χ0n) is 10.3. The Kier molecular flexibility index (Phi) is 3.92. The zero-order chi connectivity index (χ0) is 13.7. The third-order valence-corrected chi connectivity index (χ3v) is 2.53. The van der Waals surface area contributed by atoms with E-state index in [1.165, 1.54) is 6.07 Å². The summed E-state index contributed by atoms with van der Waals surface area (Å²) in [6, 6.07) is 6.65. The van der Waals surface area contributed by atoms with Gasteiger partial charge in [-0.1, -0.05) is 0 Å². The van der Waals surface area contributed by atoms with E-state index in [0.29, 0.717) is 18.1 Å². The quantitative estimate of drug-likeness (QED) is 0.851. The number of aromatic carboxylic acids is 1. The van der Waals surface area contributed by atoms with Gasteiger partial charge < -0.3 is 15.2 Å². The molecule has 0 radical (unpaired) electrons. The lowest BCUT2D eigenvalue weighted by Crippen LogP contribution is -2.09. The zero-order valence-corrected chi connectivity index (χ0v) is 10.3. The Labute approximate surface area is 110 Å². The van der Waals surface area contributed by atoms with Crippen molar-refractivity contribution in [1.29, 1.82) is 0 Å². The maximum absolute atomic E-state index is 11.0. The molecule has 6 heteroatoms. The number of nitrogens with zero attached hydrogens (tertiary/aromatic N) is 2. The molecule has 0 bridgehead atoms. The van der Waals surface area contributed by atoms with Crippen molar-refractivity contribution >= 4 is 11.7 Å². The summed E-state index contributed by atoms with van der Waals surface area (Å²) in [5, 5.41) is 12.1. The van der Waals surface area contributed by atoms with Gasteiger partial charge in [0.1, 0.15) is 0 Å². The van der Waals surface area contributed by atoms with Gasteiger partial charge in [0.05, 0.1) is 36.8 Å². The van der Waals surface area contributed by atoms with Crippen LogP contribution in [0.3, 0.4) is 0 Å². The van der Waals surface area contributed by atoms with Gasteiger partial charge in [-0.15, -0.1) is 0 Å². The number of pyridine rings is 2. The van der Waals surface area contributed by atoms with Crippen LogP contribution in [0.25, 0.3) is 0 Å². The molecule has 0 unspecified atom stereocenters. The standard InChI is InChI=1S/C13H13N3O3/c1-19-12-5-4-9(7-16-12)15-8-11-10(13(17)18)3-2-6-14-11/h2-7,15H,8H2,1H3,(H,17,18). The van der Waals surface area contributed by atoms with Crippen LogP contribution in [-0.4, -0.2) is 28.2 Å². The van der Waals surface area contributed by atoms with E-state index in [1.54, 1.807) is 37.7 Å². The highest BCUT2D eigenvalue weighted by Gasteiger charge is 2.09. The fraction of sp³-hybridized carbons (Fsp3) is 0.154. The van der Waals surface area contributed by atoms with Crippen LogP contribution in [-0.2, 0) is 6.54 Å². The molecule has 19 heavy (non-hydrogen) atoms. The van der Waals surface area contributed by atoms with Crippen molar-refractivity contribution in [3.8, 4) is 5.88 Å². The summed E-state index contributed by atoms with van der Waals surface area (Å²) in [5.41, 5.74) is 1.44. The minimum absolute atomic E-state index is 0.191. The first-order valence-electron chi connectivity index (χ1n) is 5.62. The Hall–Kier alpha value is -2.63. The van der Waals surface area contributed by atoms with Crippen molar-refractivity contribution < 1.29 is 14.6 Å². The molecule has 2 rings (SSSR count). The number of anilines is 1. The van der Waals surface area contributed by atoms with Gasteiger partial charge in [-0.2, -0.15) is 0 Å². The highest BCUT2D eigenvalue weighted by Crippen LogP contribution is 2.13. The number of hydrogen-bond donors (Lipinski definition) is 2. The summed E-state index contributed by atoms with van der Waals surface area (Å²) in [4.78, 5) is 19.1. The van der Waals surface area contributed by atoms with E-state index < -0.39 is 5.97 Å². The first-order valence-corrected chi connectivity index (χ1v) is 5.62. The molecule has 0 aliphatic rings. The molecule has 0 fully saturated rings. The van der Waals surface area contributed by atoms with Crippen LogP contribution in [0.15, 0.2) is 36.7 Å². The van der Waals surface area contributed by atoms with Crippen LogP contribution in [0.4, 0.5) is 5.69 Å². The second-order valence-corrected chi connectivity index (χ2v) is 3.75. The third-order valence-electron chi connectivity index (χ3n) is 2.53. The third kappa shape index (κ3) is 3.19. The second kappa shape index (κ2) is 5.81. The lowest BCUT2D eigenvalue weighted by atomic mass is 10.2. The monoisotopic (exact) mass is 259 g/mol. The van der Waals surface area contributed by atoms with Gasteiger partial charge in [-0.25, -0.2) is 9.78 Å². The smallest absolute Gasteiger partial charge is 0.337 e. The molecule has 2 N–H and O–H groups in total. The van der Waals surface area contributed by atoms with Crippen LogP contribution < -0.4 is 10.1 Å². The summed E-state index contributed by atoms with van der Waals surface area (Å²) in [6.07, 6.45) is 3.18. The van der Waals surface area contributed by atoms with E-state index in [9.17, 15) is 4.79 Å². The Bertz CT molecular complexity index is 570. The normalized spacial score (nSPS) is 9.95. The second-order valence-electron chi connectivity index (χ2n) is 3.75. The van der Waals surface area contributed by atoms with Crippen LogP contribution in [0.1, 0.15) is 16.1 Å². The molecular weight excluding hydrogens is 246 g/mol. The van der Waals surface area contributed by atoms with Crippen molar-refractivity contribution in [2.75, 3.05) is 12.4 Å². The van der Waals surface area contributed by atoms with Gasteiger partial charge in [0.15, 0.2) is 0 Å². The van der Waals surface area contributed by atoms with E-state index in [1.807, 2.05) is 0 Å². The fourth-order valence-corrected chi connectivity index (χ4v) is 1.56. The number of nitrogens with one attached hydrogen (secondary N) is 1. The molecule has 0 spiro atoms. The van der Waals surface area contributed by atoms with Crippen LogP contribution in [0, 0.1) is 0 Å². The average molecular weight is 259 g/mol. The van der Waals surface area contributed by atoms with Gasteiger partial charge >= 0.3 is 5.97 Å². The highest BCUT2D eigenvalue weighted by molar-refractivity contribution is 5.88. The van der Waals surface area contributed by atoms with E-state index in [-0.39, 0.29) is 5.56 Å². The number of aromatic nitrogens is 2. The summed E-state index contributed by atoms with van der Waals surface area (Å²) >= 11 is 0. The number of hydrogen-bond acceptors (Lipinski definition) is 5. The van der Waals surface area contributed by atoms with Gasteiger partial charge in [0.25, 0.3) is 0 Å². The molecule has 0 amide bonds. The van der Waals surface area contributed by atoms with Crippen molar-refractivity contribution in [3.05, 3.63) is 47.9 Å². The van der Waals surface area contributed by atoms with Gasteiger partial charge in [-0.3, -0.25) is 4.98 Å². The maximum Gasteiger partial charge on any atom is 0.337 e. The first kappa shape index (κ1) is 12.8. The van der Waals surface area contributed by atoms with Crippen molar-refractivity contribution in [2.24, 2.45) is 0 Å². The molecule has 0 saturated carbocycles. The molecule has 0 aliphatic carbocycles. The Balaban J connectivity index is 2.07. The van der Waals surface area contributed by atoms with Crippen molar-refractivity contribution in [3.63, 3.8) is 0 Å². The molecule has 6 nitrogen and oxygen atoms in total. The number of carboxylic acid groups (broad SMARTS) is 1. The van der Waals surface area contributed by atoms with E-state index in [2.05, 4.69) is 15.3 Å². The first-order chi connectivity index (χ1) is 9.20. The summed E-state index contributed by atoms with van der Waals surface area (Å²) in [6.45, 7) is 0.316. The van der Waals surface area contributed by atoms with Crippen LogP contribution >= 0.6 is 0 Å². The molecule has 2 aromatic rings. The number of rotatable bonds is 5. The SMILES string of the molecule is COc1ccc(NCc2ncccc2C(=O)O)cn1. The molecule has 0 aliphatic heterocycles.